The molecule has 2 rings (SSSR count). The molecule has 0 unspecified atom stereocenters. The molecule has 3 nitrogen and oxygen atoms in total. The fourth-order valence-corrected chi connectivity index (χ4v) is 1.73. The third-order valence-electron chi connectivity index (χ3n) is 2.59. The van der Waals surface area contributed by atoms with E-state index < -0.39 is 0 Å². The summed E-state index contributed by atoms with van der Waals surface area (Å²) in [5.74, 6) is -0.437. The maximum Gasteiger partial charge on any atom is 0.224 e. The number of carbonyl (C=O) groups is 1. The molecule has 0 aliphatic carbocycles. The molecule has 1 heterocycles. The number of benzene rings is 1. The molecular weight excluding hydrogens is 231 g/mol. The molecule has 18 heavy (non-hydrogen) atoms. The van der Waals surface area contributed by atoms with Crippen molar-refractivity contribution in [2.75, 3.05) is 5.32 Å². The van der Waals surface area contributed by atoms with Crippen LogP contribution >= 0.6 is 0 Å². The van der Waals surface area contributed by atoms with Crippen LogP contribution < -0.4 is 5.32 Å². The largest absolute Gasteiger partial charge is 0.354 e. The van der Waals surface area contributed by atoms with Gasteiger partial charge in [0.15, 0.2) is 0 Å². The minimum Gasteiger partial charge on any atom is -0.354 e. The lowest BCUT2D eigenvalue weighted by Crippen LogP contribution is -2.12. The van der Waals surface area contributed by atoms with Crippen LogP contribution in [0, 0.1) is 5.82 Å². The Morgan fingerprint density at radius 1 is 1.22 bits per heavy atom. The molecule has 0 fully saturated rings. The van der Waals surface area contributed by atoms with Gasteiger partial charge in [-0.15, -0.1) is 0 Å². The molecule has 0 spiro atoms. The normalized spacial score (nSPS) is 10.3. The summed E-state index contributed by atoms with van der Waals surface area (Å²) in [6, 6.07) is 9.81. The summed E-state index contributed by atoms with van der Waals surface area (Å²) in [5.41, 5.74) is 0.501. The maximum absolute atomic E-state index is 12.9. The number of hydrogen-bond donors (Lipinski definition) is 1. The fourth-order valence-electron chi connectivity index (χ4n) is 1.73. The van der Waals surface area contributed by atoms with Gasteiger partial charge in [-0.05, 0) is 36.8 Å². The van der Waals surface area contributed by atoms with Gasteiger partial charge in [-0.3, -0.25) is 4.79 Å². The monoisotopic (exact) mass is 246 g/mol. The van der Waals surface area contributed by atoms with Crippen LogP contribution in [-0.4, -0.2) is 10.5 Å². The zero-order valence-electron chi connectivity index (χ0n) is 9.97. The summed E-state index contributed by atoms with van der Waals surface area (Å²) in [6.45, 7) is 0.809. The summed E-state index contributed by atoms with van der Waals surface area (Å²) in [4.78, 5) is 11.6. The fraction of sp³-hybridized carbons (Fsp3) is 0.214. The molecule has 0 saturated heterocycles. The zero-order valence-corrected chi connectivity index (χ0v) is 9.97. The molecule has 0 aliphatic heterocycles. The highest BCUT2D eigenvalue weighted by Gasteiger charge is 2.02. The van der Waals surface area contributed by atoms with Crippen molar-refractivity contribution >= 4 is 11.6 Å². The van der Waals surface area contributed by atoms with Crippen molar-refractivity contribution in [3.8, 4) is 0 Å². The third kappa shape index (κ3) is 3.73. The molecular formula is C14H15FN2O. The van der Waals surface area contributed by atoms with Crippen LogP contribution in [0.1, 0.15) is 12.8 Å². The maximum atomic E-state index is 12.9. The van der Waals surface area contributed by atoms with Crippen molar-refractivity contribution in [2.45, 2.75) is 19.4 Å². The van der Waals surface area contributed by atoms with Gasteiger partial charge in [0.1, 0.15) is 5.82 Å². The van der Waals surface area contributed by atoms with Gasteiger partial charge >= 0.3 is 0 Å². The standard InChI is InChI=1S/C14H15FN2O/c15-12-5-3-6-13(11-12)16-14(18)7-4-10-17-8-1-2-9-17/h1-3,5-6,8-9,11H,4,7,10H2,(H,16,18). The van der Waals surface area contributed by atoms with Crippen LogP contribution in [-0.2, 0) is 11.3 Å². The van der Waals surface area contributed by atoms with E-state index in [1.165, 1.54) is 12.1 Å². The zero-order chi connectivity index (χ0) is 12.8. The molecule has 0 bridgehead atoms. The van der Waals surface area contributed by atoms with Gasteiger partial charge in [-0.1, -0.05) is 6.07 Å². The van der Waals surface area contributed by atoms with Crippen LogP contribution in [0.3, 0.4) is 0 Å². The second-order valence-electron chi connectivity index (χ2n) is 4.08. The first kappa shape index (κ1) is 12.4. The van der Waals surface area contributed by atoms with Gasteiger partial charge in [0, 0.05) is 31.0 Å². The number of halogens is 1. The van der Waals surface area contributed by atoms with E-state index in [0.717, 1.165) is 13.0 Å². The Morgan fingerprint density at radius 2 is 2.00 bits per heavy atom. The van der Waals surface area contributed by atoms with Crippen LogP contribution in [0.2, 0.25) is 0 Å². The van der Waals surface area contributed by atoms with Crippen LogP contribution in [0.4, 0.5) is 10.1 Å². The predicted molar refractivity (Wildman–Crippen MR) is 68.7 cm³/mol. The van der Waals surface area contributed by atoms with Crippen molar-refractivity contribution in [1.29, 1.82) is 0 Å². The van der Waals surface area contributed by atoms with Gasteiger partial charge in [0.2, 0.25) is 5.91 Å². The lowest BCUT2D eigenvalue weighted by Gasteiger charge is -2.05. The molecule has 1 aromatic carbocycles. The predicted octanol–water partition coefficient (Wildman–Crippen LogP) is 3.05. The highest BCUT2D eigenvalue weighted by Crippen LogP contribution is 2.09. The Kier molecular flexibility index (Phi) is 4.12. The quantitative estimate of drug-likeness (QED) is 0.864. The van der Waals surface area contributed by atoms with Crippen molar-refractivity contribution in [1.82, 2.24) is 4.57 Å². The van der Waals surface area contributed by atoms with E-state index in [0.29, 0.717) is 12.1 Å². The van der Waals surface area contributed by atoms with E-state index in [1.54, 1.807) is 12.1 Å². The summed E-state index contributed by atoms with van der Waals surface area (Å²) >= 11 is 0. The number of nitrogens with one attached hydrogen (secondary N) is 1. The lowest BCUT2D eigenvalue weighted by molar-refractivity contribution is -0.116. The first-order chi connectivity index (χ1) is 8.74. The molecule has 0 aliphatic rings. The molecule has 1 aromatic heterocycles. The van der Waals surface area contributed by atoms with Crippen LogP contribution in [0.25, 0.3) is 0 Å². The Labute approximate surface area is 105 Å². The Bertz CT molecular complexity index is 508. The number of aryl methyl sites for hydroxylation is 1. The number of amides is 1. The third-order valence-corrected chi connectivity index (χ3v) is 2.59. The van der Waals surface area contributed by atoms with Crippen LogP contribution in [0.15, 0.2) is 48.8 Å². The second kappa shape index (κ2) is 6.00. The molecule has 94 valence electrons. The molecule has 0 atom stereocenters. The average Bonchev–Trinajstić information content (AvgIpc) is 2.82. The molecule has 1 amide bonds. The summed E-state index contributed by atoms with van der Waals surface area (Å²) in [6.07, 6.45) is 5.11. The van der Waals surface area contributed by atoms with E-state index in [-0.39, 0.29) is 11.7 Å². The second-order valence-corrected chi connectivity index (χ2v) is 4.08. The van der Waals surface area contributed by atoms with Gasteiger partial charge in [-0.25, -0.2) is 4.39 Å². The number of anilines is 1. The highest BCUT2D eigenvalue weighted by molar-refractivity contribution is 5.90. The molecule has 0 radical (unpaired) electrons. The number of nitrogens with zero attached hydrogens (tertiary/aromatic N) is 1. The van der Waals surface area contributed by atoms with E-state index in [2.05, 4.69) is 5.32 Å². The summed E-state index contributed by atoms with van der Waals surface area (Å²) < 4.78 is 14.9. The smallest absolute Gasteiger partial charge is 0.224 e. The van der Waals surface area contributed by atoms with Crippen molar-refractivity contribution in [3.63, 3.8) is 0 Å². The van der Waals surface area contributed by atoms with Gasteiger partial charge in [0.05, 0.1) is 0 Å². The van der Waals surface area contributed by atoms with Crippen molar-refractivity contribution in [2.24, 2.45) is 0 Å². The van der Waals surface area contributed by atoms with E-state index in [4.69, 9.17) is 0 Å². The van der Waals surface area contributed by atoms with Crippen molar-refractivity contribution in [3.05, 3.63) is 54.6 Å². The van der Waals surface area contributed by atoms with E-state index >= 15 is 0 Å². The van der Waals surface area contributed by atoms with Gasteiger partial charge in [0.25, 0.3) is 0 Å². The number of carbonyl (C=O) groups excluding carboxylic acids is 1. The van der Waals surface area contributed by atoms with Gasteiger partial charge in [-0.2, -0.15) is 0 Å². The SMILES string of the molecule is O=C(CCCn1cccc1)Nc1cccc(F)c1. The first-order valence-corrected chi connectivity index (χ1v) is 5.90. The number of rotatable bonds is 5. The Morgan fingerprint density at radius 3 is 2.72 bits per heavy atom. The van der Waals surface area contributed by atoms with Crippen molar-refractivity contribution < 1.29 is 9.18 Å². The molecule has 4 heteroatoms. The number of hydrogen-bond acceptors (Lipinski definition) is 1. The first-order valence-electron chi connectivity index (χ1n) is 5.90. The molecule has 1 N–H and O–H groups in total. The minimum atomic E-state index is -0.347. The average molecular weight is 246 g/mol. The summed E-state index contributed by atoms with van der Waals surface area (Å²) in [5, 5.41) is 2.67. The summed E-state index contributed by atoms with van der Waals surface area (Å²) in [7, 11) is 0. The number of aromatic nitrogens is 1. The van der Waals surface area contributed by atoms with Crippen LogP contribution in [0.5, 0.6) is 0 Å². The molecule has 2 aromatic rings. The Balaban J connectivity index is 1.75. The van der Waals surface area contributed by atoms with E-state index in [9.17, 15) is 9.18 Å². The highest BCUT2D eigenvalue weighted by atomic mass is 19.1. The molecule has 0 saturated carbocycles. The Hall–Kier alpha value is -2.10. The minimum absolute atomic E-state index is 0.0900. The topological polar surface area (TPSA) is 34.0 Å². The lowest BCUT2D eigenvalue weighted by atomic mass is 10.2. The van der Waals surface area contributed by atoms with E-state index in [1.807, 2.05) is 29.1 Å². The van der Waals surface area contributed by atoms with Gasteiger partial charge < -0.3 is 9.88 Å².